The lowest BCUT2D eigenvalue weighted by Crippen LogP contribution is -2.35. The highest BCUT2D eigenvalue weighted by Crippen LogP contribution is 2.33. The Balaban J connectivity index is 2.10. The SMILES string of the molecule is Cc1sc(C(CN)N2CCCCCCC2)cc1Br. The summed E-state index contributed by atoms with van der Waals surface area (Å²) in [4.78, 5) is 5.37. The van der Waals surface area contributed by atoms with Crippen LogP contribution >= 0.6 is 27.3 Å². The molecule has 4 heteroatoms. The molecule has 1 aromatic rings. The average molecular weight is 331 g/mol. The molecule has 102 valence electrons. The van der Waals surface area contributed by atoms with Gasteiger partial charge in [-0.05, 0) is 54.9 Å². The van der Waals surface area contributed by atoms with E-state index in [0.29, 0.717) is 6.04 Å². The second kappa shape index (κ2) is 7.04. The third-order valence-corrected chi connectivity index (χ3v) is 6.00. The summed E-state index contributed by atoms with van der Waals surface area (Å²) in [6.07, 6.45) is 6.80. The van der Waals surface area contributed by atoms with E-state index in [-0.39, 0.29) is 0 Å². The first-order chi connectivity index (χ1) is 8.72. The fourth-order valence-electron chi connectivity index (χ4n) is 2.67. The highest BCUT2D eigenvalue weighted by Gasteiger charge is 2.21. The molecule has 2 rings (SSSR count). The monoisotopic (exact) mass is 330 g/mol. The topological polar surface area (TPSA) is 29.3 Å². The molecule has 1 aromatic heterocycles. The van der Waals surface area contributed by atoms with Crippen LogP contribution in [0.1, 0.15) is 47.9 Å². The summed E-state index contributed by atoms with van der Waals surface area (Å²) in [5, 5.41) is 0. The summed E-state index contributed by atoms with van der Waals surface area (Å²) < 4.78 is 1.23. The number of hydrogen-bond acceptors (Lipinski definition) is 3. The molecule has 1 aliphatic heterocycles. The lowest BCUT2D eigenvalue weighted by molar-refractivity contribution is 0.186. The molecule has 0 amide bonds. The van der Waals surface area contributed by atoms with E-state index in [1.807, 2.05) is 11.3 Å². The van der Waals surface area contributed by atoms with Crippen molar-refractivity contribution in [2.24, 2.45) is 5.73 Å². The van der Waals surface area contributed by atoms with Crippen LogP contribution in [-0.4, -0.2) is 24.5 Å². The Kier molecular flexibility index (Phi) is 5.67. The van der Waals surface area contributed by atoms with Crippen LogP contribution in [0.5, 0.6) is 0 Å². The number of thiophene rings is 1. The first-order valence-corrected chi connectivity index (χ1v) is 8.53. The molecule has 1 atom stereocenters. The standard InChI is InChI=1S/C14H23BrN2S/c1-11-12(15)9-14(18-11)13(10-16)17-7-5-3-2-4-6-8-17/h9,13H,2-8,10,16H2,1H3. The molecular weight excluding hydrogens is 308 g/mol. The fourth-order valence-corrected chi connectivity index (χ4v) is 4.38. The number of hydrogen-bond donors (Lipinski definition) is 1. The molecule has 0 saturated carbocycles. The summed E-state index contributed by atoms with van der Waals surface area (Å²) >= 11 is 5.50. The molecule has 0 aromatic carbocycles. The van der Waals surface area contributed by atoms with E-state index in [4.69, 9.17) is 5.73 Å². The van der Waals surface area contributed by atoms with Gasteiger partial charge < -0.3 is 5.73 Å². The zero-order valence-electron chi connectivity index (χ0n) is 11.1. The molecular formula is C14H23BrN2S. The Morgan fingerprint density at radius 1 is 1.28 bits per heavy atom. The molecule has 1 aliphatic rings. The van der Waals surface area contributed by atoms with Gasteiger partial charge in [0.25, 0.3) is 0 Å². The summed E-state index contributed by atoms with van der Waals surface area (Å²) in [5.74, 6) is 0. The normalized spacial score (nSPS) is 20.4. The Morgan fingerprint density at radius 2 is 1.89 bits per heavy atom. The summed E-state index contributed by atoms with van der Waals surface area (Å²) in [5.41, 5.74) is 6.03. The van der Waals surface area contributed by atoms with Crippen LogP contribution in [-0.2, 0) is 0 Å². The number of nitrogens with zero attached hydrogens (tertiary/aromatic N) is 1. The van der Waals surface area contributed by atoms with Gasteiger partial charge in [-0.25, -0.2) is 0 Å². The zero-order valence-corrected chi connectivity index (χ0v) is 13.5. The van der Waals surface area contributed by atoms with Crippen LogP contribution in [0.4, 0.5) is 0 Å². The molecule has 18 heavy (non-hydrogen) atoms. The quantitative estimate of drug-likeness (QED) is 0.904. The molecule has 2 nitrogen and oxygen atoms in total. The predicted molar refractivity (Wildman–Crippen MR) is 83.2 cm³/mol. The van der Waals surface area contributed by atoms with Gasteiger partial charge in [0.05, 0.1) is 6.04 Å². The number of aryl methyl sites for hydroxylation is 1. The second-order valence-corrected chi connectivity index (χ2v) is 7.25. The Labute approximate surface area is 123 Å². The molecule has 0 aliphatic carbocycles. The van der Waals surface area contributed by atoms with Crippen LogP contribution in [0.3, 0.4) is 0 Å². The van der Waals surface area contributed by atoms with Crippen LogP contribution in [0, 0.1) is 6.92 Å². The largest absolute Gasteiger partial charge is 0.329 e. The average Bonchev–Trinajstić information content (AvgIpc) is 2.62. The van der Waals surface area contributed by atoms with Crippen molar-refractivity contribution in [1.82, 2.24) is 4.90 Å². The molecule has 1 fully saturated rings. The van der Waals surface area contributed by atoms with Crippen molar-refractivity contribution in [1.29, 1.82) is 0 Å². The molecule has 1 saturated heterocycles. The van der Waals surface area contributed by atoms with Crippen molar-refractivity contribution >= 4 is 27.3 Å². The van der Waals surface area contributed by atoms with Crippen molar-refractivity contribution in [3.8, 4) is 0 Å². The third-order valence-electron chi connectivity index (χ3n) is 3.76. The van der Waals surface area contributed by atoms with Gasteiger partial charge in [-0.2, -0.15) is 0 Å². The molecule has 0 bridgehead atoms. The van der Waals surface area contributed by atoms with Crippen molar-refractivity contribution in [3.63, 3.8) is 0 Å². The van der Waals surface area contributed by atoms with Gasteiger partial charge in [0, 0.05) is 20.8 Å². The van der Waals surface area contributed by atoms with E-state index < -0.39 is 0 Å². The smallest absolute Gasteiger partial charge is 0.0564 e. The fraction of sp³-hybridized carbons (Fsp3) is 0.714. The first-order valence-electron chi connectivity index (χ1n) is 6.92. The zero-order chi connectivity index (χ0) is 13.0. The van der Waals surface area contributed by atoms with E-state index in [0.717, 1.165) is 6.54 Å². The minimum absolute atomic E-state index is 0.415. The maximum Gasteiger partial charge on any atom is 0.0564 e. The highest BCUT2D eigenvalue weighted by molar-refractivity contribution is 9.10. The number of rotatable bonds is 3. The van der Waals surface area contributed by atoms with Crippen molar-refractivity contribution < 1.29 is 0 Å². The van der Waals surface area contributed by atoms with Gasteiger partial charge in [0.1, 0.15) is 0 Å². The maximum absolute atomic E-state index is 6.03. The van der Waals surface area contributed by atoms with Crippen molar-refractivity contribution in [2.45, 2.75) is 45.1 Å². The molecule has 0 radical (unpaired) electrons. The van der Waals surface area contributed by atoms with Gasteiger partial charge in [0.2, 0.25) is 0 Å². The third kappa shape index (κ3) is 3.56. The number of halogens is 1. The minimum Gasteiger partial charge on any atom is -0.329 e. The number of nitrogens with two attached hydrogens (primary N) is 1. The van der Waals surface area contributed by atoms with Gasteiger partial charge in [-0.15, -0.1) is 11.3 Å². The van der Waals surface area contributed by atoms with Crippen LogP contribution in [0.2, 0.25) is 0 Å². The van der Waals surface area contributed by atoms with Gasteiger partial charge in [0.15, 0.2) is 0 Å². The molecule has 2 heterocycles. The lowest BCUT2D eigenvalue weighted by Gasteiger charge is -2.31. The van der Waals surface area contributed by atoms with E-state index in [2.05, 4.69) is 33.8 Å². The van der Waals surface area contributed by atoms with Crippen molar-refractivity contribution in [3.05, 3.63) is 20.3 Å². The summed E-state index contributed by atoms with van der Waals surface area (Å²) in [7, 11) is 0. The highest BCUT2D eigenvalue weighted by atomic mass is 79.9. The molecule has 2 N–H and O–H groups in total. The van der Waals surface area contributed by atoms with E-state index in [1.165, 1.54) is 59.4 Å². The van der Waals surface area contributed by atoms with E-state index in [9.17, 15) is 0 Å². The van der Waals surface area contributed by atoms with E-state index >= 15 is 0 Å². The lowest BCUT2D eigenvalue weighted by atomic mass is 10.1. The molecule has 0 spiro atoms. The second-order valence-electron chi connectivity index (χ2n) is 5.11. The number of likely N-dealkylation sites (tertiary alicyclic amines) is 1. The van der Waals surface area contributed by atoms with Crippen LogP contribution in [0.25, 0.3) is 0 Å². The predicted octanol–water partition coefficient (Wildman–Crippen LogP) is 4.08. The minimum atomic E-state index is 0.415. The van der Waals surface area contributed by atoms with Crippen LogP contribution in [0.15, 0.2) is 10.5 Å². The molecule has 1 unspecified atom stereocenters. The van der Waals surface area contributed by atoms with Gasteiger partial charge in [-0.1, -0.05) is 19.3 Å². The maximum atomic E-state index is 6.03. The van der Waals surface area contributed by atoms with Gasteiger partial charge >= 0.3 is 0 Å². The Bertz CT molecular complexity index is 350. The van der Waals surface area contributed by atoms with Gasteiger partial charge in [-0.3, -0.25) is 4.90 Å². The summed E-state index contributed by atoms with van der Waals surface area (Å²) in [6.45, 7) is 5.30. The van der Waals surface area contributed by atoms with Crippen molar-refractivity contribution in [2.75, 3.05) is 19.6 Å². The first kappa shape index (κ1) is 14.5. The van der Waals surface area contributed by atoms with Crippen LogP contribution < -0.4 is 5.73 Å². The Hall–Kier alpha value is 0.100. The van der Waals surface area contributed by atoms with E-state index in [1.54, 1.807) is 0 Å². The summed E-state index contributed by atoms with van der Waals surface area (Å²) in [6, 6.07) is 2.68. The Morgan fingerprint density at radius 3 is 2.39 bits per heavy atom.